The molecule has 1 fully saturated rings. The Morgan fingerprint density at radius 3 is 2.92 bits per heavy atom. The monoisotopic (exact) mass is 339 g/mol. The van der Waals surface area contributed by atoms with E-state index in [0.29, 0.717) is 29.7 Å². The molecule has 1 aliphatic rings. The second kappa shape index (κ2) is 6.93. The van der Waals surface area contributed by atoms with E-state index < -0.39 is 11.7 Å². The van der Waals surface area contributed by atoms with E-state index >= 15 is 0 Å². The van der Waals surface area contributed by atoms with Gasteiger partial charge in [0.25, 0.3) is 0 Å². The molecule has 2 atom stereocenters. The maximum absolute atomic E-state index is 12.8. The molecule has 1 aromatic heterocycles. The molecule has 24 heavy (non-hydrogen) atoms. The van der Waals surface area contributed by atoms with Crippen LogP contribution in [0.5, 0.6) is 0 Å². The maximum atomic E-state index is 12.8. The van der Waals surface area contributed by atoms with E-state index in [-0.39, 0.29) is 5.82 Å². The first-order chi connectivity index (χ1) is 11.4. The van der Waals surface area contributed by atoms with Crippen LogP contribution in [0.3, 0.4) is 0 Å². The summed E-state index contributed by atoms with van der Waals surface area (Å²) < 4.78 is 43.6. The predicted molar refractivity (Wildman–Crippen MR) is 83.2 cm³/mol. The van der Waals surface area contributed by atoms with E-state index in [1.165, 1.54) is 12.5 Å². The second-order valence-electron chi connectivity index (χ2n) is 6.38. The summed E-state index contributed by atoms with van der Waals surface area (Å²) in [4.78, 5) is 4.27. The van der Waals surface area contributed by atoms with Gasteiger partial charge in [0.1, 0.15) is 0 Å². The number of aromatic nitrogens is 2. The Balaban J connectivity index is 1.71. The van der Waals surface area contributed by atoms with Crippen LogP contribution in [0.4, 0.5) is 13.2 Å². The largest absolute Gasteiger partial charge is 0.416 e. The van der Waals surface area contributed by atoms with Crippen LogP contribution in [0.15, 0.2) is 28.8 Å². The molecule has 3 rings (SSSR count). The van der Waals surface area contributed by atoms with Gasteiger partial charge in [0.15, 0.2) is 0 Å². The number of alkyl halides is 3. The molecule has 1 saturated heterocycles. The van der Waals surface area contributed by atoms with Crippen LogP contribution in [-0.2, 0) is 12.6 Å². The molecule has 7 heteroatoms. The number of hydrogen-bond acceptors (Lipinski definition) is 4. The van der Waals surface area contributed by atoms with Crippen molar-refractivity contribution in [3.8, 4) is 11.4 Å². The van der Waals surface area contributed by atoms with E-state index in [1.807, 2.05) is 0 Å². The van der Waals surface area contributed by atoms with Crippen molar-refractivity contribution >= 4 is 0 Å². The van der Waals surface area contributed by atoms with Gasteiger partial charge in [0.2, 0.25) is 11.7 Å². The minimum atomic E-state index is -4.38. The average molecular weight is 339 g/mol. The van der Waals surface area contributed by atoms with Gasteiger partial charge in [-0.25, -0.2) is 0 Å². The number of benzene rings is 1. The summed E-state index contributed by atoms with van der Waals surface area (Å²) in [6.07, 6.45) is -1.42. The second-order valence-corrected chi connectivity index (χ2v) is 6.38. The first-order valence-electron chi connectivity index (χ1n) is 8.14. The molecule has 1 aliphatic heterocycles. The summed E-state index contributed by atoms with van der Waals surface area (Å²) in [6, 6.07) is 4.98. The first-order valence-corrected chi connectivity index (χ1v) is 8.14. The molecule has 0 aliphatic carbocycles. The van der Waals surface area contributed by atoms with Crippen molar-refractivity contribution in [2.24, 2.45) is 11.8 Å². The molecule has 2 unspecified atom stereocenters. The fourth-order valence-electron chi connectivity index (χ4n) is 3.10. The lowest BCUT2D eigenvalue weighted by Crippen LogP contribution is -2.33. The smallest absolute Gasteiger partial charge is 0.339 e. The van der Waals surface area contributed by atoms with Crippen molar-refractivity contribution in [1.82, 2.24) is 15.5 Å². The minimum Gasteiger partial charge on any atom is -0.339 e. The third kappa shape index (κ3) is 3.95. The molecule has 2 aromatic rings. The lowest BCUT2D eigenvalue weighted by molar-refractivity contribution is -0.137. The highest BCUT2D eigenvalue weighted by atomic mass is 19.4. The van der Waals surface area contributed by atoms with Crippen LogP contribution in [-0.4, -0.2) is 23.2 Å². The maximum Gasteiger partial charge on any atom is 0.416 e. The highest BCUT2D eigenvalue weighted by Gasteiger charge is 2.31. The van der Waals surface area contributed by atoms with E-state index in [9.17, 15) is 13.2 Å². The van der Waals surface area contributed by atoms with Crippen LogP contribution in [0.2, 0.25) is 0 Å². The predicted octanol–water partition coefficient (Wildman–Crippen LogP) is 3.93. The van der Waals surface area contributed by atoms with Crippen molar-refractivity contribution in [3.05, 3.63) is 35.7 Å². The topological polar surface area (TPSA) is 51.0 Å². The molecule has 0 saturated carbocycles. The molecule has 2 heterocycles. The average Bonchev–Trinajstić information content (AvgIpc) is 3.03. The Labute approximate surface area is 138 Å². The molecule has 1 N–H and O–H groups in total. The number of rotatable bonds is 4. The molecule has 0 spiro atoms. The summed E-state index contributed by atoms with van der Waals surface area (Å²) in [6.45, 7) is 4.19. The lowest BCUT2D eigenvalue weighted by Gasteiger charge is -2.27. The molecule has 0 amide bonds. The molecule has 0 bridgehead atoms. The van der Waals surface area contributed by atoms with E-state index in [0.717, 1.165) is 31.6 Å². The van der Waals surface area contributed by atoms with Gasteiger partial charge in [-0.3, -0.25) is 0 Å². The Hall–Kier alpha value is -1.89. The molecular weight excluding hydrogens is 319 g/mol. The van der Waals surface area contributed by atoms with Crippen molar-refractivity contribution in [2.45, 2.75) is 32.4 Å². The van der Waals surface area contributed by atoms with Crippen molar-refractivity contribution in [1.29, 1.82) is 0 Å². The summed E-state index contributed by atoms with van der Waals surface area (Å²) in [5.74, 6) is 1.61. The van der Waals surface area contributed by atoms with Crippen LogP contribution in [0.1, 0.15) is 31.2 Å². The zero-order chi connectivity index (χ0) is 17.2. The summed E-state index contributed by atoms with van der Waals surface area (Å²) in [7, 11) is 0. The van der Waals surface area contributed by atoms with E-state index in [2.05, 4.69) is 22.4 Å². The van der Waals surface area contributed by atoms with E-state index in [1.54, 1.807) is 6.07 Å². The van der Waals surface area contributed by atoms with Crippen LogP contribution >= 0.6 is 0 Å². The quantitative estimate of drug-likeness (QED) is 0.917. The van der Waals surface area contributed by atoms with Crippen LogP contribution in [0.25, 0.3) is 11.4 Å². The number of halogens is 3. The standard InChI is InChI=1S/C17H20F3N3O/c1-11(13-5-3-7-21-10-13)8-15-22-16(23-24-15)12-4-2-6-14(9-12)17(18,19)20/h2,4,6,9,11,13,21H,3,5,7-8,10H2,1H3. The van der Waals surface area contributed by atoms with Crippen molar-refractivity contribution in [2.75, 3.05) is 13.1 Å². The van der Waals surface area contributed by atoms with Gasteiger partial charge in [-0.05, 0) is 49.9 Å². The number of piperidine rings is 1. The fraction of sp³-hybridized carbons (Fsp3) is 0.529. The summed E-state index contributed by atoms with van der Waals surface area (Å²) in [5, 5.41) is 7.22. The van der Waals surface area contributed by atoms with Crippen LogP contribution in [0, 0.1) is 11.8 Å². The summed E-state index contributed by atoms with van der Waals surface area (Å²) >= 11 is 0. The molecule has 4 nitrogen and oxygen atoms in total. The van der Waals surface area contributed by atoms with Crippen molar-refractivity contribution in [3.63, 3.8) is 0 Å². The molecule has 0 radical (unpaired) electrons. The zero-order valence-electron chi connectivity index (χ0n) is 13.4. The van der Waals surface area contributed by atoms with Gasteiger partial charge in [-0.1, -0.05) is 24.2 Å². The summed E-state index contributed by atoms with van der Waals surface area (Å²) in [5.41, 5.74) is -0.403. The van der Waals surface area contributed by atoms with Gasteiger partial charge < -0.3 is 9.84 Å². The third-order valence-corrected chi connectivity index (χ3v) is 4.55. The van der Waals surface area contributed by atoms with Gasteiger partial charge in [-0.15, -0.1) is 0 Å². The number of nitrogens with zero attached hydrogens (tertiary/aromatic N) is 2. The highest BCUT2D eigenvalue weighted by molar-refractivity contribution is 5.55. The normalized spacial score (nSPS) is 20.1. The minimum absolute atomic E-state index is 0.199. The number of nitrogens with one attached hydrogen (secondary N) is 1. The van der Waals surface area contributed by atoms with Gasteiger partial charge in [0, 0.05) is 12.0 Å². The molecule has 1 aromatic carbocycles. The Bertz CT molecular complexity index is 678. The highest BCUT2D eigenvalue weighted by Crippen LogP contribution is 2.31. The fourth-order valence-corrected chi connectivity index (χ4v) is 3.10. The Kier molecular flexibility index (Phi) is 4.89. The lowest BCUT2D eigenvalue weighted by atomic mass is 9.85. The zero-order valence-corrected chi connectivity index (χ0v) is 13.4. The van der Waals surface area contributed by atoms with E-state index in [4.69, 9.17) is 4.52 Å². The van der Waals surface area contributed by atoms with Gasteiger partial charge in [-0.2, -0.15) is 18.2 Å². The molecular formula is C17H20F3N3O. The molecule has 130 valence electrons. The van der Waals surface area contributed by atoms with Crippen LogP contribution < -0.4 is 5.32 Å². The number of hydrogen-bond donors (Lipinski definition) is 1. The first kappa shape index (κ1) is 17.0. The third-order valence-electron chi connectivity index (χ3n) is 4.55. The Morgan fingerprint density at radius 2 is 2.21 bits per heavy atom. The van der Waals surface area contributed by atoms with Gasteiger partial charge >= 0.3 is 6.18 Å². The van der Waals surface area contributed by atoms with Gasteiger partial charge in [0.05, 0.1) is 5.56 Å². The Morgan fingerprint density at radius 1 is 1.38 bits per heavy atom. The SMILES string of the molecule is CC(Cc1nc(-c2cccc(C(F)(F)F)c2)no1)C1CCCNC1. The van der Waals surface area contributed by atoms with Crippen molar-refractivity contribution < 1.29 is 17.7 Å².